The van der Waals surface area contributed by atoms with Gasteiger partial charge in [0.05, 0.1) is 0 Å². The maximum absolute atomic E-state index is 11.1. The van der Waals surface area contributed by atoms with E-state index in [1.807, 2.05) is 24.3 Å². The van der Waals surface area contributed by atoms with Crippen LogP contribution in [0.4, 0.5) is 0 Å². The third kappa shape index (κ3) is 1.94. The molecule has 2 aromatic rings. The highest BCUT2D eigenvalue weighted by molar-refractivity contribution is 5.78. The predicted molar refractivity (Wildman–Crippen MR) is 73.0 cm³/mol. The van der Waals surface area contributed by atoms with E-state index in [-0.39, 0.29) is 0 Å². The van der Waals surface area contributed by atoms with E-state index >= 15 is 0 Å². The number of hydrogen-bond acceptors (Lipinski definition) is 3. The van der Waals surface area contributed by atoms with Crippen LogP contribution in [0.2, 0.25) is 0 Å². The second-order valence-electron chi connectivity index (χ2n) is 5.09. The molecule has 0 aliphatic carbocycles. The summed E-state index contributed by atoms with van der Waals surface area (Å²) < 4.78 is 5.78. The molecule has 2 N–H and O–H groups in total. The van der Waals surface area contributed by atoms with Crippen LogP contribution in [0.3, 0.4) is 0 Å². The molecule has 1 aliphatic rings. The third-order valence-electron chi connectivity index (χ3n) is 3.61. The van der Waals surface area contributed by atoms with Crippen LogP contribution in [0.5, 0.6) is 11.5 Å². The normalized spacial score (nSPS) is 15.5. The van der Waals surface area contributed by atoms with Gasteiger partial charge in [0.15, 0.2) is 5.60 Å². The van der Waals surface area contributed by atoms with E-state index in [1.165, 1.54) is 6.92 Å². The van der Waals surface area contributed by atoms with Crippen LogP contribution in [-0.4, -0.2) is 16.2 Å². The lowest BCUT2D eigenvalue weighted by molar-refractivity contribution is -0.157. The highest BCUT2D eigenvalue weighted by Crippen LogP contribution is 2.38. The number of aliphatic hydroxyl groups is 1. The maximum Gasteiger partial charge on any atom is 0.340 e. The fourth-order valence-corrected chi connectivity index (χ4v) is 2.32. The van der Waals surface area contributed by atoms with E-state index < -0.39 is 11.6 Å². The molecular formula is C16H14O4. The summed E-state index contributed by atoms with van der Waals surface area (Å²) in [4.78, 5) is 11.1. The van der Waals surface area contributed by atoms with E-state index in [1.54, 1.807) is 18.2 Å². The van der Waals surface area contributed by atoms with E-state index in [0.29, 0.717) is 17.7 Å². The van der Waals surface area contributed by atoms with Crippen LogP contribution in [0, 0.1) is 0 Å². The van der Waals surface area contributed by atoms with E-state index in [2.05, 4.69) is 0 Å². The Morgan fingerprint density at radius 1 is 1.15 bits per heavy atom. The number of hydrogen-bond donors (Lipinski definition) is 2. The molecule has 0 bridgehead atoms. The first-order chi connectivity index (χ1) is 9.48. The number of aliphatic carboxylic acids is 1. The molecule has 20 heavy (non-hydrogen) atoms. The van der Waals surface area contributed by atoms with Gasteiger partial charge in [0.25, 0.3) is 0 Å². The molecule has 0 aromatic heterocycles. The average molecular weight is 270 g/mol. The zero-order valence-electron chi connectivity index (χ0n) is 11.0. The van der Waals surface area contributed by atoms with Crippen LogP contribution < -0.4 is 4.74 Å². The quantitative estimate of drug-likeness (QED) is 0.751. The lowest BCUT2D eigenvalue weighted by Gasteiger charge is -2.24. The maximum atomic E-state index is 11.1. The summed E-state index contributed by atoms with van der Waals surface area (Å²) in [6, 6.07) is 12.7. The second-order valence-corrected chi connectivity index (χ2v) is 5.09. The molecule has 4 nitrogen and oxygen atoms in total. The van der Waals surface area contributed by atoms with Gasteiger partial charge < -0.3 is 14.9 Å². The van der Waals surface area contributed by atoms with Gasteiger partial charge in [-0.2, -0.15) is 0 Å². The van der Waals surface area contributed by atoms with E-state index in [0.717, 1.165) is 16.9 Å². The predicted octanol–water partition coefficient (Wildman–Crippen LogP) is 2.68. The second kappa shape index (κ2) is 4.35. The first kappa shape index (κ1) is 12.7. The Hall–Kier alpha value is -2.33. The number of para-hydroxylation sites is 1. The van der Waals surface area contributed by atoms with Crippen molar-refractivity contribution in [2.75, 3.05) is 0 Å². The fourth-order valence-electron chi connectivity index (χ4n) is 2.32. The number of benzene rings is 2. The summed E-state index contributed by atoms with van der Waals surface area (Å²) >= 11 is 0. The highest BCUT2D eigenvalue weighted by atomic mass is 16.5. The molecule has 0 saturated heterocycles. The summed E-state index contributed by atoms with van der Waals surface area (Å²) in [5.74, 6) is 0.251. The van der Waals surface area contributed by atoms with E-state index in [9.17, 15) is 9.90 Å². The van der Waals surface area contributed by atoms with Gasteiger partial charge in [-0.15, -0.1) is 0 Å². The Balaban J connectivity index is 2.02. The topological polar surface area (TPSA) is 66.8 Å². The number of carbonyl (C=O) groups is 1. The first-order valence-electron chi connectivity index (χ1n) is 6.33. The molecule has 4 heteroatoms. The average Bonchev–Trinajstić information content (AvgIpc) is 2.44. The zero-order valence-corrected chi connectivity index (χ0v) is 11.0. The van der Waals surface area contributed by atoms with Gasteiger partial charge in [0, 0.05) is 6.42 Å². The van der Waals surface area contributed by atoms with Crippen LogP contribution in [0.15, 0.2) is 42.5 Å². The molecule has 1 aliphatic heterocycles. The minimum absolute atomic E-state index is 0.353. The standard InChI is InChI=1S/C16H14O4/c1-16(19,15(17)18)12-6-7-14-11(9-12)8-10-4-2-3-5-13(10)20-14/h2-7,9,19H,8H2,1H3,(H,17,18). The summed E-state index contributed by atoms with van der Waals surface area (Å²) in [6.45, 7) is 1.27. The van der Waals surface area contributed by atoms with Gasteiger partial charge >= 0.3 is 5.97 Å². The Morgan fingerprint density at radius 3 is 2.60 bits per heavy atom. The molecule has 1 atom stereocenters. The SMILES string of the molecule is CC(O)(C(=O)O)c1ccc2c(c1)Cc1ccccc1O2. The Bertz CT molecular complexity index is 689. The first-order valence-corrected chi connectivity index (χ1v) is 6.33. The van der Waals surface area contributed by atoms with Gasteiger partial charge in [0.1, 0.15) is 11.5 Å². The molecular weight excluding hydrogens is 256 g/mol. The highest BCUT2D eigenvalue weighted by Gasteiger charge is 2.33. The summed E-state index contributed by atoms with van der Waals surface area (Å²) in [5, 5.41) is 19.1. The van der Waals surface area contributed by atoms with Crippen LogP contribution in [0.1, 0.15) is 23.6 Å². The fraction of sp³-hybridized carbons (Fsp3) is 0.188. The van der Waals surface area contributed by atoms with Crippen molar-refractivity contribution in [2.45, 2.75) is 18.9 Å². The zero-order chi connectivity index (χ0) is 14.3. The lowest BCUT2D eigenvalue weighted by Crippen LogP contribution is -2.32. The minimum atomic E-state index is -1.90. The van der Waals surface area contributed by atoms with Gasteiger partial charge in [-0.05, 0) is 41.8 Å². The van der Waals surface area contributed by atoms with Crippen LogP contribution in [0.25, 0.3) is 0 Å². The molecule has 0 saturated carbocycles. The smallest absolute Gasteiger partial charge is 0.340 e. The van der Waals surface area contributed by atoms with Crippen molar-refractivity contribution in [2.24, 2.45) is 0 Å². The van der Waals surface area contributed by atoms with Crippen molar-refractivity contribution in [1.82, 2.24) is 0 Å². The largest absolute Gasteiger partial charge is 0.479 e. The number of carboxylic acids is 1. The molecule has 2 aromatic carbocycles. The number of fused-ring (bicyclic) bond motifs is 2. The third-order valence-corrected chi connectivity index (χ3v) is 3.61. The van der Waals surface area contributed by atoms with Gasteiger partial charge in [-0.3, -0.25) is 0 Å². The molecule has 0 spiro atoms. The number of carboxylic acid groups (broad SMARTS) is 1. The van der Waals surface area contributed by atoms with Gasteiger partial charge in [0.2, 0.25) is 0 Å². The van der Waals surface area contributed by atoms with Crippen molar-refractivity contribution in [3.8, 4) is 11.5 Å². The lowest BCUT2D eigenvalue weighted by atomic mass is 9.91. The summed E-state index contributed by atoms with van der Waals surface area (Å²) in [6.07, 6.45) is 0.662. The van der Waals surface area contributed by atoms with Crippen molar-refractivity contribution < 1.29 is 19.7 Å². The summed E-state index contributed by atoms with van der Waals surface area (Å²) in [7, 11) is 0. The Labute approximate surface area is 116 Å². The molecule has 3 rings (SSSR count). The summed E-state index contributed by atoms with van der Waals surface area (Å²) in [5.41, 5.74) is 0.382. The van der Waals surface area contributed by atoms with Gasteiger partial charge in [-0.1, -0.05) is 24.3 Å². The van der Waals surface area contributed by atoms with Crippen molar-refractivity contribution in [1.29, 1.82) is 0 Å². The van der Waals surface area contributed by atoms with E-state index in [4.69, 9.17) is 9.84 Å². The minimum Gasteiger partial charge on any atom is -0.479 e. The van der Waals surface area contributed by atoms with Gasteiger partial charge in [-0.25, -0.2) is 4.79 Å². The Kier molecular flexibility index (Phi) is 2.76. The molecule has 0 fully saturated rings. The van der Waals surface area contributed by atoms with Crippen molar-refractivity contribution in [3.05, 3.63) is 59.2 Å². The Morgan fingerprint density at radius 2 is 1.85 bits per heavy atom. The monoisotopic (exact) mass is 270 g/mol. The van der Waals surface area contributed by atoms with Crippen molar-refractivity contribution >= 4 is 5.97 Å². The van der Waals surface area contributed by atoms with Crippen LogP contribution >= 0.6 is 0 Å². The molecule has 1 unspecified atom stereocenters. The molecule has 0 radical (unpaired) electrons. The molecule has 1 heterocycles. The van der Waals surface area contributed by atoms with Crippen molar-refractivity contribution in [3.63, 3.8) is 0 Å². The number of ether oxygens (including phenoxy) is 1. The number of rotatable bonds is 2. The molecule has 102 valence electrons. The van der Waals surface area contributed by atoms with Crippen LogP contribution in [-0.2, 0) is 16.8 Å². The molecule has 0 amide bonds.